The van der Waals surface area contributed by atoms with Crippen LogP contribution >= 0.6 is 0 Å². The van der Waals surface area contributed by atoms with Gasteiger partial charge in [-0.1, -0.05) is 29.8 Å². The van der Waals surface area contributed by atoms with Crippen LogP contribution in [0.25, 0.3) is 0 Å². The molecular formula is C20H23NO4S. The number of aliphatic hydroxyl groups is 1. The Morgan fingerprint density at radius 3 is 2.54 bits per heavy atom. The van der Waals surface area contributed by atoms with Crippen LogP contribution in [0.2, 0.25) is 0 Å². The van der Waals surface area contributed by atoms with Gasteiger partial charge in [0.05, 0.1) is 22.7 Å². The molecule has 0 saturated carbocycles. The average Bonchev–Trinajstić information content (AvgIpc) is 3.17. The van der Waals surface area contributed by atoms with E-state index in [1.54, 1.807) is 29.2 Å². The van der Waals surface area contributed by atoms with Crippen molar-refractivity contribution in [3.05, 3.63) is 59.7 Å². The molecule has 0 radical (unpaired) electrons. The Kier molecular flexibility index (Phi) is 6.06. The SMILES string of the molecule is Cc1ccc(S(=O)C2CCN(C(=O)COc3ccc(CO)cc3)C2)cc1. The number of nitrogens with zero attached hydrogens (tertiary/aromatic N) is 1. The first-order valence-corrected chi connectivity index (χ1v) is 9.86. The van der Waals surface area contributed by atoms with Gasteiger partial charge in [-0.3, -0.25) is 9.00 Å². The third kappa shape index (κ3) is 4.51. The Balaban J connectivity index is 1.51. The lowest BCUT2D eigenvalue weighted by molar-refractivity contribution is -0.132. The highest BCUT2D eigenvalue weighted by Gasteiger charge is 2.30. The summed E-state index contributed by atoms with van der Waals surface area (Å²) in [6.45, 7) is 3.04. The minimum atomic E-state index is -1.11. The largest absolute Gasteiger partial charge is 0.484 e. The first-order chi connectivity index (χ1) is 12.6. The number of hydrogen-bond acceptors (Lipinski definition) is 4. The maximum atomic E-state index is 12.7. The number of ether oxygens (including phenoxy) is 1. The van der Waals surface area contributed by atoms with E-state index < -0.39 is 10.8 Å². The van der Waals surface area contributed by atoms with Crippen LogP contribution in [0.4, 0.5) is 0 Å². The van der Waals surface area contributed by atoms with E-state index in [9.17, 15) is 9.00 Å². The van der Waals surface area contributed by atoms with Crippen LogP contribution in [-0.2, 0) is 22.2 Å². The molecule has 2 aromatic rings. The van der Waals surface area contributed by atoms with Gasteiger partial charge < -0.3 is 14.7 Å². The minimum Gasteiger partial charge on any atom is -0.484 e. The second-order valence-electron chi connectivity index (χ2n) is 6.45. The predicted molar refractivity (Wildman–Crippen MR) is 100 cm³/mol. The number of aryl methyl sites for hydroxylation is 1. The van der Waals surface area contributed by atoms with E-state index in [-0.39, 0.29) is 24.4 Å². The first-order valence-electron chi connectivity index (χ1n) is 8.64. The fraction of sp³-hybridized carbons (Fsp3) is 0.350. The molecule has 2 atom stereocenters. The highest BCUT2D eigenvalue weighted by molar-refractivity contribution is 7.85. The van der Waals surface area contributed by atoms with Crippen molar-refractivity contribution in [3.63, 3.8) is 0 Å². The Hall–Kier alpha value is -2.18. The number of rotatable bonds is 6. The summed E-state index contributed by atoms with van der Waals surface area (Å²) in [5.41, 5.74) is 1.93. The molecule has 3 rings (SSSR count). The third-order valence-corrected chi connectivity index (χ3v) is 6.25. The molecule has 26 heavy (non-hydrogen) atoms. The van der Waals surface area contributed by atoms with Gasteiger partial charge in [0.2, 0.25) is 0 Å². The molecule has 1 aliphatic rings. The van der Waals surface area contributed by atoms with Gasteiger partial charge in [-0.2, -0.15) is 0 Å². The molecule has 5 nitrogen and oxygen atoms in total. The zero-order valence-electron chi connectivity index (χ0n) is 14.8. The summed E-state index contributed by atoms with van der Waals surface area (Å²) in [7, 11) is -1.11. The van der Waals surface area contributed by atoms with Gasteiger partial charge in [-0.15, -0.1) is 0 Å². The number of amides is 1. The monoisotopic (exact) mass is 373 g/mol. The zero-order valence-corrected chi connectivity index (χ0v) is 15.6. The van der Waals surface area contributed by atoms with Crippen molar-refractivity contribution in [1.82, 2.24) is 4.90 Å². The van der Waals surface area contributed by atoms with E-state index >= 15 is 0 Å². The first kappa shape index (κ1) is 18.6. The number of hydrogen-bond donors (Lipinski definition) is 1. The van der Waals surface area contributed by atoms with Gasteiger partial charge in [0.15, 0.2) is 6.61 Å². The summed E-state index contributed by atoms with van der Waals surface area (Å²) in [4.78, 5) is 14.9. The van der Waals surface area contributed by atoms with Crippen molar-refractivity contribution in [1.29, 1.82) is 0 Å². The molecule has 1 amide bonds. The normalized spacial score (nSPS) is 17.9. The number of carbonyl (C=O) groups excluding carboxylic acids is 1. The Bertz CT molecular complexity index is 773. The lowest BCUT2D eigenvalue weighted by atomic mass is 10.2. The lowest BCUT2D eigenvalue weighted by Crippen LogP contribution is -2.34. The molecule has 1 fully saturated rings. The molecule has 6 heteroatoms. The van der Waals surface area contributed by atoms with Crippen molar-refractivity contribution < 1.29 is 18.8 Å². The number of benzene rings is 2. The summed E-state index contributed by atoms with van der Waals surface area (Å²) in [6.07, 6.45) is 0.734. The standard InChI is InChI=1S/C20H23NO4S/c1-15-2-8-18(9-3-15)26(24)19-10-11-21(12-19)20(23)14-25-17-6-4-16(13-22)5-7-17/h2-9,19,22H,10-14H2,1H3. The quantitative estimate of drug-likeness (QED) is 0.844. The third-order valence-electron chi connectivity index (χ3n) is 4.52. The molecule has 1 heterocycles. The molecule has 1 saturated heterocycles. The fourth-order valence-electron chi connectivity index (χ4n) is 2.92. The Morgan fingerprint density at radius 2 is 1.88 bits per heavy atom. The van der Waals surface area contributed by atoms with E-state index in [1.165, 1.54) is 0 Å². The summed E-state index contributed by atoms with van der Waals surface area (Å²) in [6, 6.07) is 14.7. The van der Waals surface area contributed by atoms with Gasteiger partial charge in [-0.25, -0.2) is 0 Å². The summed E-state index contributed by atoms with van der Waals surface area (Å²) < 4.78 is 18.2. The van der Waals surface area contributed by atoms with Gasteiger partial charge >= 0.3 is 0 Å². The molecule has 138 valence electrons. The maximum absolute atomic E-state index is 12.7. The van der Waals surface area contributed by atoms with Gasteiger partial charge in [0.1, 0.15) is 5.75 Å². The van der Waals surface area contributed by atoms with Crippen molar-refractivity contribution in [2.75, 3.05) is 19.7 Å². The van der Waals surface area contributed by atoms with Crippen LogP contribution in [0.5, 0.6) is 5.75 Å². The van der Waals surface area contributed by atoms with Crippen molar-refractivity contribution in [2.45, 2.75) is 30.1 Å². The lowest BCUT2D eigenvalue weighted by Gasteiger charge is -2.17. The topological polar surface area (TPSA) is 66.8 Å². The van der Waals surface area contributed by atoms with Crippen LogP contribution in [0.1, 0.15) is 17.5 Å². The summed E-state index contributed by atoms with van der Waals surface area (Å²) >= 11 is 0. The van der Waals surface area contributed by atoms with E-state index in [2.05, 4.69) is 0 Å². The van der Waals surface area contributed by atoms with Gasteiger partial charge in [0, 0.05) is 18.0 Å². The minimum absolute atomic E-state index is 0.0213. The molecule has 1 N–H and O–H groups in total. The van der Waals surface area contributed by atoms with Crippen LogP contribution < -0.4 is 4.74 Å². The molecule has 2 unspecified atom stereocenters. The van der Waals surface area contributed by atoms with E-state index in [0.717, 1.165) is 22.4 Å². The summed E-state index contributed by atoms with van der Waals surface area (Å²) in [5.74, 6) is 0.495. The molecule has 0 spiro atoms. The van der Waals surface area contributed by atoms with Gasteiger partial charge in [0.25, 0.3) is 5.91 Å². The van der Waals surface area contributed by atoms with Crippen LogP contribution in [0, 0.1) is 6.92 Å². The smallest absolute Gasteiger partial charge is 0.260 e. The van der Waals surface area contributed by atoms with Crippen molar-refractivity contribution in [2.24, 2.45) is 0 Å². The number of carbonyl (C=O) groups is 1. The molecule has 0 aromatic heterocycles. The molecular weight excluding hydrogens is 350 g/mol. The predicted octanol–water partition coefficient (Wildman–Crippen LogP) is 2.27. The van der Waals surface area contributed by atoms with Crippen LogP contribution in [-0.4, -0.2) is 45.1 Å². The molecule has 0 bridgehead atoms. The van der Waals surface area contributed by atoms with Gasteiger partial charge in [-0.05, 0) is 43.2 Å². The highest BCUT2D eigenvalue weighted by Crippen LogP contribution is 2.21. The van der Waals surface area contributed by atoms with E-state index in [4.69, 9.17) is 9.84 Å². The van der Waals surface area contributed by atoms with Crippen LogP contribution in [0.3, 0.4) is 0 Å². The zero-order chi connectivity index (χ0) is 18.5. The second-order valence-corrected chi connectivity index (χ2v) is 8.18. The number of likely N-dealkylation sites (tertiary alicyclic amines) is 1. The summed E-state index contributed by atoms with van der Waals surface area (Å²) in [5, 5.41) is 8.99. The molecule has 0 aliphatic carbocycles. The average molecular weight is 373 g/mol. The van der Waals surface area contributed by atoms with Crippen molar-refractivity contribution in [3.8, 4) is 5.75 Å². The number of aliphatic hydroxyl groups excluding tert-OH is 1. The second kappa shape index (κ2) is 8.47. The fourth-order valence-corrected chi connectivity index (χ4v) is 4.35. The Labute approximate surface area is 156 Å². The van der Waals surface area contributed by atoms with Crippen LogP contribution in [0.15, 0.2) is 53.4 Å². The molecule has 2 aromatic carbocycles. The van der Waals surface area contributed by atoms with Crippen molar-refractivity contribution >= 4 is 16.7 Å². The highest BCUT2D eigenvalue weighted by atomic mass is 32.2. The van der Waals surface area contributed by atoms with E-state index in [1.807, 2.05) is 31.2 Å². The van der Waals surface area contributed by atoms with E-state index in [0.29, 0.717) is 18.8 Å². The molecule has 1 aliphatic heterocycles. The Morgan fingerprint density at radius 1 is 1.19 bits per heavy atom. The maximum Gasteiger partial charge on any atom is 0.260 e.